The van der Waals surface area contributed by atoms with E-state index in [0.717, 1.165) is 33.5 Å². The summed E-state index contributed by atoms with van der Waals surface area (Å²) in [5.41, 5.74) is 2.08. The number of nitrogens with zero attached hydrogens (tertiary/aromatic N) is 1. The van der Waals surface area contributed by atoms with Crippen LogP contribution in [0.3, 0.4) is 0 Å². The minimum atomic E-state index is 0.882. The normalized spacial score (nSPS) is 12.2. The number of pyridine rings is 1. The summed E-state index contributed by atoms with van der Waals surface area (Å²) >= 11 is 0. The van der Waals surface area contributed by atoms with Crippen molar-refractivity contribution in [2.75, 3.05) is 0 Å². The maximum atomic E-state index is 6.12. The van der Waals surface area contributed by atoms with Crippen LogP contribution in [-0.4, -0.2) is 4.98 Å². The molecular weight excluding hydrogens is 258 g/mol. The second-order valence-electron chi connectivity index (χ2n) is 5.31. The Morgan fingerprint density at radius 2 is 1.52 bits per heavy atom. The average Bonchev–Trinajstić information content (AvgIpc) is 2.54. The van der Waals surface area contributed by atoms with Gasteiger partial charge in [0.1, 0.15) is 11.5 Å². The molecule has 0 fully saturated rings. The molecule has 2 nitrogen and oxygen atoms in total. The molecule has 0 amide bonds. The molecule has 0 spiro atoms. The van der Waals surface area contributed by atoms with Gasteiger partial charge in [0.05, 0.1) is 11.1 Å². The van der Waals surface area contributed by atoms with Gasteiger partial charge in [-0.15, -0.1) is 0 Å². The number of aromatic nitrogens is 1. The highest BCUT2D eigenvalue weighted by Gasteiger charge is 2.21. The first-order chi connectivity index (χ1) is 10.4. The van der Waals surface area contributed by atoms with Crippen molar-refractivity contribution in [2.45, 2.75) is 0 Å². The van der Waals surface area contributed by atoms with Crippen molar-refractivity contribution in [3.05, 3.63) is 66.9 Å². The van der Waals surface area contributed by atoms with E-state index in [-0.39, 0.29) is 0 Å². The molecule has 0 N–H and O–H groups in total. The molecule has 4 aromatic rings. The summed E-state index contributed by atoms with van der Waals surface area (Å²) in [7, 11) is 0. The fraction of sp³-hybridized carbons (Fsp3) is 0. The highest BCUT2D eigenvalue weighted by Crippen LogP contribution is 2.46. The van der Waals surface area contributed by atoms with Crippen molar-refractivity contribution in [3.8, 4) is 22.8 Å². The van der Waals surface area contributed by atoms with E-state index in [1.165, 1.54) is 10.8 Å². The van der Waals surface area contributed by atoms with Gasteiger partial charge >= 0.3 is 0 Å². The Hall–Kier alpha value is -2.87. The zero-order valence-corrected chi connectivity index (χ0v) is 11.2. The molecule has 21 heavy (non-hydrogen) atoms. The third-order valence-corrected chi connectivity index (χ3v) is 4.08. The molecule has 1 aliphatic heterocycles. The fourth-order valence-electron chi connectivity index (χ4n) is 3.09. The molecule has 1 aliphatic rings. The standard InChI is InChI=1S/C19H11NO/c1-2-5-14-11-17-15(10-13(14)4-1)19-18-12(8-9-20-19)6-3-7-16(18)21-17/h1-11H. The van der Waals surface area contributed by atoms with Gasteiger partial charge in [-0.25, -0.2) is 0 Å². The van der Waals surface area contributed by atoms with Crippen molar-refractivity contribution < 1.29 is 4.74 Å². The number of ether oxygens (including phenoxy) is 1. The van der Waals surface area contributed by atoms with Gasteiger partial charge in [0.25, 0.3) is 0 Å². The molecule has 1 aromatic heterocycles. The van der Waals surface area contributed by atoms with E-state index in [1.54, 1.807) is 0 Å². The Labute approximate surface area is 121 Å². The summed E-state index contributed by atoms with van der Waals surface area (Å²) in [6.45, 7) is 0. The second-order valence-corrected chi connectivity index (χ2v) is 5.31. The maximum absolute atomic E-state index is 6.12. The summed E-state index contributed by atoms with van der Waals surface area (Å²) in [5.74, 6) is 1.77. The maximum Gasteiger partial charge on any atom is 0.137 e. The minimum absolute atomic E-state index is 0.882. The lowest BCUT2D eigenvalue weighted by Crippen LogP contribution is -1.98. The van der Waals surface area contributed by atoms with Crippen LogP contribution in [-0.2, 0) is 0 Å². The third-order valence-electron chi connectivity index (χ3n) is 4.08. The highest BCUT2D eigenvalue weighted by molar-refractivity contribution is 6.04. The van der Waals surface area contributed by atoms with Crippen LogP contribution in [0.1, 0.15) is 0 Å². The Morgan fingerprint density at radius 1 is 0.714 bits per heavy atom. The second kappa shape index (κ2) is 3.83. The number of hydrogen-bond donors (Lipinski definition) is 0. The first kappa shape index (κ1) is 10.9. The van der Waals surface area contributed by atoms with Gasteiger partial charge in [-0.05, 0) is 40.4 Å². The van der Waals surface area contributed by atoms with Crippen LogP contribution in [0, 0.1) is 0 Å². The van der Waals surface area contributed by atoms with Crippen LogP contribution < -0.4 is 4.74 Å². The molecule has 0 aliphatic carbocycles. The fourth-order valence-corrected chi connectivity index (χ4v) is 3.09. The van der Waals surface area contributed by atoms with Crippen LogP contribution in [0.5, 0.6) is 11.5 Å². The SMILES string of the molecule is c1ccc2cc3c(cc2c1)Oc1cccc2ccnc-3c12. The zero-order chi connectivity index (χ0) is 13.8. The van der Waals surface area contributed by atoms with Crippen molar-refractivity contribution in [1.29, 1.82) is 0 Å². The van der Waals surface area contributed by atoms with Crippen molar-refractivity contribution in [2.24, 2.45) is 0 Å². The molecule has 98 valence electrons. The number of hydrogen-bond acceptors (Lipinski definition) is 2. The summed E-state index contributed by atoms with van der Waals surface area (Å²) < 4.78 is 6.12. The largest absolute Gasteiger partial charge is 0.456 e. The molecule has 0 atom stereocenters. The number of fused-ring (bicyclic) bond motifs is 3. The Balaban J connectivity index is 1.95. The number of benzene rings is 3. The van der Waals surface area contributed by atoms with Gasteiger partial charge < -0.3 is 4.74 Å². The molecule has 2 heteroatoms. The van der Waals surface area contributed by atoms with Crippen molar-refractivity contribution in [3.63, 3.8) is 0 Å². The van der Waals surface area contributed by atoms with Crippen LogP contribution >= 0.6 is 0 Å². The van der Waals surface area contributed by atoms with E-state index in [2.05, 4.69) is 41.4 Å². The van der Waals surface area contributed by atoms with Gasteiger partial charge in [-0.3, -0.25) is 4.98 Å². The number of rotatable bonds is 0. The molecule has 3 aromatic carbocycles. The molecule has 5 rings (SSSR count). The predicted octanol–water partition coefficient (Wildman–Crippen LogP) is 5.16. The molecule has 2 heterocycles. The molecule has 0 saturated heterocycles. The lowest BCUT2D eigenvalue weighted by atomic mass is 9.97. The smallest absolute Gasteiger partial charge is 0.137 e. The van der Waals surface area contributed by atoms with Gasteiger partial charge in [-0.2, -0.15) is 0 Å². The molecule has 0 radical (unpaired) electrons. The Bertz CT molecular complexity index is 1020. The van der Waals surface area contributed by atoms with Crippen molar-refractivity contribution >= 4 is 21.5 Å². The van der Waals surface area contributed by atoms with E-state index in [1.807, 2.05) is 30.5 Å². The van der Waals surface area contributed by atoms with E-state index in [9.17, 15) is 0 Å². The van der Waals surface area contributed by atoms with Gasteiger partial charge in [-0.1, -0.05) is 36.4 Å². The lowest BCUT2D eigenvalue weighted by Gasteiger charge is -2.20. The first-order valence-electron chi connectivity index (χ1n) is 6.99. The topological polar surface area (TPSA) is 22.1 Å². The highest BCUT2D eigenvalue weighted by atomic mass is 16.5. The minimum Gasteiger partial charge on any atom is -0.456 e. The van der Waals surface area contributed by atoms with Gasteiger partial charge in [0.15, 0.2) is 0 Å². The van der Waals surface area contributed by atoms with E-state index >= 15 is 0 Å². The summed E-state index contributed by atoms with van der Waals surface area (Å²) in [6.07, 6.45) is 1.87. The van der Waals surface area contributed by atoms with Crippen molar-refractivity contribution in [1.82, 2.24) is 4.98 Å². The van der Waals surface area contributed by atoms with Crippen LogP contribution in [0.25, 0.3) is 32.8 Å². The Kier molecular flexibility index (Phi) is 1.98. The van der Waals surface area contributed by atoms with E-state index in [4.69, 9.17) is 4.74 Å². The Morgan fingerprint density at radius 3 is 2.43 bits per heavy atom. The summed E-state index contributed by atoms with van der Waals surface area (Å²) in [6, 6.07) is 20.7. The molecule has 0 saturated carbocycles. The summed E-state index contributed by atoms with van der Waals surface area (Å²) in [4.78, 5) is 4.61. The van der Waals surface area contributed by atoms with E-state index < -0.39 is 0 Å². The van der Waals surface area contributed by atoms with Crippen LogP contribution in [0.2, 0.25) is 0 Å². The molecule has 0 unspecified atom stereocenters. The predicted molar refractivity (Wildman–Crippen MR) is 84.8 cm³/mol. The molecular formula is C19H11NO. The monoisotopic (exact) mass is 269 g/mol. The van der Waals surface area contributed by atoms with Gasteiger partial charge in [0.2, 0.25) is 0 Å². The lowest BCUT2D eigenvalue weighted by molar-refractivity contribution is 0.487. The summed E-state index contributed by atoms with van der Waals surface area (Å²) in [5, 5.41) is 4.65. The van der Waals surface area contributed by atoms with Gasteiger partial charge in [0, 0.05) is 11.8 Å². The average molecular weight is 269 g/mol. The quantitative estimate of drug-likeness (QED) is 0.387. The third kappa shape index (κ3) is 1.44. The zero-order valence-electron chi connectivity index (χ0n) is 11.2. The molecule has 0 bridgehead atoms. The van der Waals surface area contributed by atoms with Crippen LogP contribution in [0.15, 0.2) is 66.9 Å². The van der Waals surface area contributed by atoms with Crippen LogP contribution in [0.4, 0.5) is 0 Å². The first-order valence-corrected chi connectivity index (χ1v) is 6.99. The van der Waals surface area contributed by atoms with E-state index in [0.29, 0.717) is 0 Å².